The highest BCUT2D eigenvalue weighted by Gasteiger charge is 2.28. The lowest BCUT2D eigenvalue weighted by molar-refractivity contribution is 0.0500. The molecule has 0 radical (unpaired) electrons. The maximum atomic E-state index is 14.1. The SMILES string of the molecule is CCCCCC/C=C/C(F)(F)c1cccc(C(=O)OCC)c1. The van der Waals surface area contributed by atoms with E-state index in [1.807, 2.05) is 0 Å². The molecule has 0 saturated heterocycles. The second-order valence-corrected chi connectivity index (χ2v) is 5.18. The molecule has 0 fully saturated rings. The van der Waals surface area contributed by atoms with E-state index in [1.165, 1.54) is 30.3 Å². The second kappa shape index (κ2) is 9.34. The van der Waals surface area contributed by atoms with Gasteiger partial charge in [0.05, 0.1) is 12.2 Å². The Morgan fingerprint density at radius 1 is 1.23 bits per heavy atom. The Hall–Kier alpha value is -1.71. The first-order chi connectivity index (χ1) is 10.5. The summed E-state index contributed by atoms with van der Waals surface area (Å²) in [5.41, 5.74) is -0.0433. The number of benzene rings is 1. The van der Waals surface area contributed by atoms with Crippen molar-refractivity contribution in [1.82, 2.24) is 0 Å². The van der Waals surface area contributed by atoms with Crippen LogP contribution in [0, 0.1) is 0 Å². The van der Waals surface area contributed by atoms with Gasteiger partial charge in [0.2, 0.25) is 0 Å². The largest absolute Gasteiger partial charge is 0.462 e. The summed E-state index contributed by atoms with van der Waals surface area (Å²) in [4.78, 5) is 11.6. The lowest BCUT2D eigenvalue weighted by Crippen LogP contribution is -2.12. The summed E-state index contributed by atoms with van der Waals surface area (Å²) in [6.45, 7) is 4.01. The van der Waals surface area contributed by atoms with Crippen LogP contribution in [0.3, 0.4) is 0 Å². The van der Waals surface area contributed by atoms with Crippen LogP contribution in [0.2, 0.25) is 0 Å². The van der Waals surface area contributed by atoms with Gasteiger partial charge in [-0.3, -0.25) is 0 Å². The lowest BCUT2D eigenvalue weighted by atomic mass is 10.0. The minimum absolute atomic E-state index is 0.148. The number of carbonyl (C=O) groups is 1. The van der Waals surface area contributed by atoms with Crippen LogP contribution in [0.15, 0.2) is 36.4 Å². The third-order valence-corrected chi connectivity index (χ3v) is 3.31. The summed E-state index contributed by atoms with van der Waals surface area (Å²) < 4.78 is 33.1. The Balaban J connectivity index is 2.69. The molecule has 0 aliphatic carbocycles. The van der Waals surface area contributed by atoms with Gasteiger partial charge in [0.1, 0.15) is 0 Å². The summed E-state index contributed by atoms with van der Waals surface area (Å²) in [7, 11) is 0. The van der Waals surface area contributed by atoms with Gasteiger partial charge in [-0.15, -0.1) is 0 Å². The summed E-state index contributed by atoms with van der Waals surface area (Å²) in [5.74, 6) is -3.66. The fourth-order valence-electron chi connectivity index (χ4n) is 2.08. The van der Waals surface area contributed by atoms with E-state index in [4.69, 9.17) is 4.74 Å². The van der Waals surface area contributed by atoms with Crippen molar-refractivity contribution in [2.24, 2.45) is 0 Å². The van der Waals surface area contributed by atoms with Crippen molar-refractivity contribution in [3.8, 4) is 0 Å². The maximum Gasteiger partial charge on any atom is 0.338 e. The first kappa shape index (κ1) is 18.3. The Morgan fingerprint density at radius 2 is 2.00 bits per heavy atom. The van der Waals surface area contributed by atoms with Gasteiger partial charge in [0.25, 0.3) is 5.92 Å². The van der Waals surface area contributed by atoms with E-state index in [9.17, 15) is 13.6 Å². The number of allylic oxidation sites excluding steroid dienone is 2. The molecule has 122 valence electrons. The number of alkyl halides is 2. The van der Waals surface area contributed by atoms with Gasteiger partial charge in [-0.05, 0) is 38.0 Å². The van der Waals surface area contributed by atoms with E-state index < -0.39 is 11.9 Å². The smallest absolute Gasteiger partial charge is 0.338 e. The van der Waals surface area contributed by atoms with Gasteiger partial charge in [0.15, 0.2) is 0 Å². The van der Waals surface area contributed by atoms with E-state index in [0.29, 0.717) is 6.42 Å². The van der Waals surface area contributed by atoms with E-state index in [1.54, 1.807) is 6.92 Å². The fourth-order valence-corrected chi connectivity index (χ4v) is 2.08. The second-order valence-electron chi connectivity index (χ2n) is 5.18. The van der Waals surface area contributed by atoms with Gasteiger partial charge in [-0.1, -0.05) is 44.4 Å². The third-order valence-electron chi connectivity index (χ3n) is 3.31. The molecule has 1 aromatic rings. The van der Waals surface area contributed by atoms with Crippen LogP contribution in [0.1, 0.15) is 61.9 Å². The predicted molar refractivity (Wildman–Crippen MR) is 84.2 cm³/mol. The van der Waals surface area contributed by atoms with Crippen molar-refractivity contribution >= 4 is 5.97 Å². The van der Waals surface area contributed by atoms with E-state index in [2.05, 4.69) is 6.92 Å². The highest BCUT2D eigenvalue weighted by atomic mass is 19.3. The van der Waals surface area contributed by atoms with E-state index in [0.717, 1.165) is 31.8 Å². The normalized spacial score (nSPS) is 11.8. The molecule has 2 nitrogen and oxygen atoms in total. The zero-order valence-electron chi connectivity index (χ0n) is 13.3. The number of hydrogen-bond acceptors (Lipinski definition) is 2. The van der Waals surface area contributed by atoms with Crippen molar-refractivity contribution in [3.05, 3.63) is 47.5 Å². The molecule has 0 bridgehead atoms. The van der Waals surface area contributed by atoms with Crippen LogP contribution in [0.25, 0.3) is 0 Å². The van der Waals surface area contributed by atoms with Crippen LogP contribution in [-0.2, 0) is 10.7 Å². The summed E-state index contributed by atoms with van der Waals surface area (Å²) in [6, 6.07) is 5.44. The molecule has 1 rings (SSSR count). The Bertz CT molecular complexity index is 496. The summed E-state index contributed by atoms with van der Waals surface area (Å²) in [5, 5.41) is 0. The van der Waals surface area contributed by atoms with Crippen LogP contribution in [0.4, 0.5) is 8.78 Å². The van der Waals surface area contributed by atoms with Gasteiger partial charge in [-0.2, -0.15) is 8.78 Å². The third kappa shape index (κ3) is 5.96. The molecule has 0 atom stereocenters. The summed E-state index contributed by atoms with van der Waals surface area (Å²) >= 11 is 0. The molecule has 0 aliphatic heterocycles. The maximum absolute atomic E-state index is 14.1. The Kier molecular flexibility index (Phi) is 7.78. The van der Waals surface area contributed by atoms with Crippen LogP contribution in [-0.4, -0.2) is 12.6 Å². The predicted octanol–water partition coefficient (Wildman–Crippen LogP) is 5.48. The monoisotopic (exact) mass is 310 g/mol. The minimum Gasteiger partial charge on any atom is -0.462 e. The first-order valence-corrected chi connectivity index (χ1v) is 7.84. The highest BCUT2D eigenvalue weighted by molar-refractivity contribution is 5.89. The minimum atomic E-state index is -3.08. The Morgan fingerprint density at radius 3 is 2.68 bits per heavy atom. The molecular weight excluding hydrogens is 286 g/mol. The van der Waals surface area contributed by atoms with Gasteiger partial charge >= 0.3 is 5.97 Å². The quantitative estimate of drug-likeness (QED) is 0.343. The van der Waals surface area contributed by atoms with Gasteiger partial charge in [-0.25, -0.2) is 4.79 Å². The molecule has 0 unspecified atom stereocenters. The van der Waals surface area contributed by atoms with Crippen LogP contribution < -0.4 is 0 Å². The van der Waals surface area contributed by atoms with Crippen LogP contribution in [0.5, 0.6) is 0 Å². The molecule has 1 aromatic carbocycles. The van der Waals surface area contributed by atoms with Crippen molar-refractivity contribution in [2.75, 3.05) is 6.61 Å². The standard InChI is InChI=1S/C18H24F2O2/c1-3-5-6-7-8-9-13-18(19,20)16-12-10-11-15(14-16)17(21)22-4-2/h9-14H,3-8H2,1-2H3/b13-9+. The zero-order chi connectivity index (χ0) is 16.4. The zero-order valence-corrected chi connectivity index (χ0v) is 13.3. The molecule has 0 saturated carbocycles. The number of hydrogen-bond donors (Lipinski definition) is 0. The molecule has 0 spiro atoms. The molecular formula is C18H24F2O2. The Labute approximate surface area is 131 Å². The number of ether oxygens (including phenoxy) is 1. The molecule has 0 aliphatic rings. The summed E-state index contributed by atoms with van der Waals surface area (Å²) in [6.07, 6.45) is 7.32. The van der Waals surface area contributed by atoms with E-state index in [-0.39, 0.29) is 17.7 Å². The highest BCUT2D eigenvalue weighted by Crippen LogP contribution is 2.30. The molecule has 0 amide bonds. The lowest BCUT2D eigenvalue weighted by Gasteiger charge is -2.13. The topological polar surface area (TPSA) is 26.3 Å². The average molecular weight is 310 g/mol. The average Bonchev–Trinajstić information content (AvgIpc) is 2.51. The van der Waals surface area contributed by atoms with Gasteiger partial charge < -0.3 is 4.74 Å². The first-order valence-electron chi connectivity index (χ1n) is 7.84. The van der Waals surface area contributed by atoms with E-state index >= 15 is 0 Å². The van der Waals surface area contributed by atoms with Crippen LogP contribution >= 0.6 is 0 Å². The number of unbranched alkanes of at least 4 members (excludes halogenated alkanes) is 4. The molecule has 4 heteroatoms. The number of rotatable bonds is 9. The molecule has 22 heavy (non-hydrogen) atoms. The fraction of sp³-hybridized carbons (Fsp3) is 0.500. The van der Waals surface area contributed by atoms with Gasteiger partial charge in [0, 0.05) is 5.56 Å². The van der Waals surface area contributed by atoms with Crippen molar-refractivity contribution < 1.29 is 18.3 Å². The molecule has 0 heterocycles. The number of halogens is 2. The number of carbonyl (C=O) groups excluding carboxylic acids is 1. The number of esters is 1. The van der Waals surface area contributed by atoms with Crippen molar-refractivity contribution in [1.29, 1.82) is 0 Å². The molecule has 0 aromatic heterocycles. The molecule has 0 N–H and O–H groups in total. The van der Waals surface area contributed by atoms with Crippen molar-refractivity contribution in [3.63, 3.8) is 0 Å². The van der Waals surface area contributed by atoms with Crippen molar-refractivity contribution in [2.45, 2.75) is 51.9 Å².